The summed E-state index contributed by atoms with van der Waals surface area (Å²) in [6.07, 6.45) is 5.29. The number of ether oxygens (including phenoxy) is 1. The number of fused-ring (bicyclic) bond motifs is 2. The van der Waals surface area contributed by atoms with E-state index >= 15 is 0 Å². The number of nitrogens with zero attached hydrogens (tertiary/aromatic N) is 1. The van der Waals surface area contributed by atoms with Gasteiger partial charge in [-0.05, 0) is 55.3 Å². The molecular formula is C18H25NO3. The minimum absolute atomic E-state index is 0.0998. The molecule has 1 aliphatic heterocycles. The van der Waals surface area contributed by atoms with Gasteiger partial charge in [-0.1, -0.05) is 24.3 Å². The summed E-state index contributed by atoms with van der Waals surface area (Å²) in [6.45, 7) is 2.89. The van der Waals surface area contributed by atoms with Crippen LogP contribution >= 0.6 is 0 Å². The Kier molecular flexibility index (Phi) is 4.79. The molecule has 0 radical (unpaired) electrons. The van der Waals surface area contributed by atoms with Gasteiger partial charge in [0.1, 0.15) is 6.61 Å². The van der Waals surface area contributed by atoms with Crippen LogP contribution in [0.15, 0.2) is 24.3 Å². The van der Waals surface area contributed by atoms with Gasteiger partial charge in [0.15, 0.2) is 0 Å². The highest BCUT2D eigenvalue weighted by molar-refractivity contribution is 5.69. The molecule has 0 saturated carbocycles. The molecule has 0 bridgehead atoms. The molecule has 1 saturated heterocycles. The number of piperidine rings is 1. The second-order valence-electron chi connectivity index (χ2n) is 6.47. The van der Waals surface area contributed by atoms with Crippen molar-refractivity contribution >= 4 is 5.97 Å². The molecule has 4 heteroatoms. The molecule has 1 aromatic rings. The number of carbonyl (C=O) groups excluding carboxylic acids is 1. The minimum Gasteiger partial charge on any atom is -0.463 e. The lowest BCUT2D eigenvalue weighted by Gasteiger charge is -2.40. The second-order valence-corrected chi connectivity index (χ2v) is 6.47. The lowest BCUT2D eigenvalue weighted by Crippen LogP contribution is -2.42. The van der Waals surface area contributed by atoms with E-state index in [0.29, 0.717) is 11.8 Å². The van der Waals surface area contributed by atoms with Gasteiger partial charge in [0.25, 0.3) is 0 Å². The van der Waals surface area contributed by atoms with E-state index in [-0.39, 0.29) is 19.2 Å². The number of aryl methyl sites for hydroxylation is 1. The maximum Gasteiger partial charge on any atom is 0.307 e. The molecule has 1 fully saturated rings. The first-order valence-corrected chi connectivity index (χ1v) is 8.31. The maximum absolute atomic E-state index is 11.5. The molecule has 0 atom stereocenters. The first-order valence-electron chi connectivity index (χ1n) is 8.31. The SMILES string of the molecule is O=C(CCN1CCC2(CCc3ccccc32)CC1)OCCO. The van der Waals surface area contributed by atoms with Crippen molar-refractivity contribution in [2.24, 2.45) is 0 Å². The predicted molar refractivity (Wildman–Crippen MR) is 84.8 cm³/mol. The quantitative estimate of drug-likeness (QED) is 0.844. The van der Waals surface area contributed by atoms with Crippen molar-refractivity contribution < 1.29 is 14.6 Å². The molecule has 0 aromatic heterocycles. The van der Waals surface area contributed by atoms with Gasteiger partial charge >= 0.3 is 5.97 Å². The third-order valence-corrected chi connectivity index (χ3v) is 5.26. The summed E-state index contributed by atoms with van der Waals surface area (Å²) in [4.78, 5) is 13.9. The molecule has 2 aliphatic rings. The van der Waals surface area contributed by atoms with E-state index in [4.69, 9.17) is 9.84 Å². The van der Waals surface area contributed by atoms with Crippen molar-refractivity contribution in [1.29, 1.82) is 0 Å². The van der Waals surface area contributed by atoms with Gasteiger partial charge in [-0.3, -0.25) is 4.79 Å². The van der Waals surface area contributed by atoms with E-state index in [9.17, 15) is 4.79 Å². The zero-order chi connectivity index (χ0) is 15.4. The zero-order valence-electron chi connectivity index (χ0n) is 13.1. The number of aliphatic hydroxyl groups excluding tert-OH is 1. The van der Waals surface area contributed by atoms with Gasteiger partial charge in [0.05, 0.1) is 13.0 Å². The van der Waals surface area contributed by atoms with Crippen LogP contribution in [0.4, 0.5) is 0 Å². The number of likely N-dealkylation sites (tertiary alicyclic amines) is 1. The summed E-state index contributed by atoms with van der Waals surface area (Å²) in [5.41, 5.74) is 3.48. The van der Waals surface area contributed by atoms with Crippen LogP contribution in [0.5, 0.6) is 0 Å². The molecule has 22 heavy (non-hydrogen) atoms. The van der Waals surface area contributed by atoms with Gasteiger partial charge in [-0.2, -0.15) is 0 Å². The molecule has 1 heterocycles. The van der Waals surface area contributed by atoms with Crippen molar-refractivity contribution in [2.45, 2.75) is 37.5 Å². The molecule has 1 N–H and O–H groups in total. The normalized spacial score (nSPS) is 20.0. The molecule has 4 nitrogen and oxygen atoms in total. The van der Waals surface area contributed by atoms with Gasteiger partial charge in [0.2, 0.25) is 0 Å². The van der Waals surface area contributed by atoms with Crippen LogP contribution in [-0.4, -0.2) is 48.8 Å². The maximum atomic E-state index is 11.5. The number of rotatable bonds is 5. The Balaban J connectivity index is 1.50. The fourth-order valence-electron chi connectivity index (χ4n) is 3.97. The minimum atomic E-state index is -0.208. The number of benzene rings is 1. The fourth-order valence-corrected chi connectivity index (χ4v) is 3.97. The number of hydrogen-bond acceptors (Lipinski definition) is 4. The van der Waals surface area contributed by atoms with E-state index in [1.807, 2.05) is 0 Å². The van der Waals surface area contributed by atoms with Crippen molar-refractivity contribution in [1.82, 2.24) is 4.90 Å². The van der Waals surface area contributed by atoms with Crippen LogP contribution in [0, 0.1) is 0 Å². The van der Waals surface area contributed by atoms with Crippen molar-refractivity contribution in [3.63, 3.8) is 0 Å². The van der Waals surface area contributed by atoms with Crippen LogP contribution in [0.2, 0.25) is 0 Å². The summed E-state index contributed by atoms with van der Waals surface area (Å²) in [7, 11) is 0. The number of carbonyl (C=O) groups is 1. The zero-order valence-corrected chi connectivity index (χ0v) is 13.1. The van der Waals surface area contributed by atoms with Gasteiger partial charge in [-0.15, -0.1) is 0 Å². The number of aliphatic hydroxyl groups is 1. The highest BCUT2D eigenvalue weighted by Gasteiger charge is 2.40. The van der Waals surface area contributed by atoms with Crippen molar-refractivity contribution in [3.05, 3.63) is 35.4 Å². The average Bonchev–Trinajstić information content (AvgIpc) is 2.91. The first kappa shape index (κ1) is 15.5. The highest BCUT2D eigenvalue weighted by atomic mass is 16.5. The lowest BCUT2D eigenvalue weighted by atomic mass is 9.74. The number of hydrogen-bond donors (Lipinski definition) is 1. The molecule has 3 rings (SSSR count). The van der Waals surface area contributed by atoms with Crippen LogP contribution in [0.1, 0.15) is 36.8 Å². The van der Waals surface area contributed by atoms with E-state index in [1.54, 1.807) is 5.56 Å². The Morgan fingerprint density at radius 3 is 2.77 bits per heavy atom. The Labute approximate surface area is 132 Å². The molecule has 120 valence electrons. The summed E-state index contributed by atoms with van der Waals surface area (Å²) in [5, 5.41) is 8.64. The summed E-state index contributed by atoms with van der Waals surface area (Å²) >= 11 is 0. The standard InChI is InChI=1S/C18H25NO3/c20-13-14-22-17(21)6-10-19-11-8-18(9-12-19)7-5-15-3-1-2-4-16(15)18/h1-4,20H,5-14H2. The molecule has 1 spiro atoms. The average molecular weight is 303 g/mol. The number of esters is 1. The Morgan fingerprint density at radius 2 is 2.00 bits per heavy atom. The predicted octanol–water partition coefficient (Wildman–Crippen LogP) is 1.89. The van der Waals surface area contributed by atoms with Crippen LogP contribution in [0.3, 0.4) is 0 Å². The van der Waals surface area contributed by atoms with Crippen LogP contribution < -0.4 is 0 Å². The largest absolute Gasteiger partial charge is 0.463 e. The smallest absolute Gasteiger partial charge is 0.307 e. The van der Waals surface area contributed by atoms with Crippen LogP contribution in [0.25, 0.3) is 0 Å². The molecule has 1 aromatic carbocycles. The van der Waals surface area contributed by atoms with E-state index in [2.05, 4.69) is 29.2 Å². The Morgan fingerprint density at radius 1 is 1.23 bits per heavy atom. The van der Waals surface area contributed by atoms with Gasteiger partial charge in [-0.25, -0.2) is 0 Å². The van der Waals surface area contributed by atoms with Gasteiger partial charge < -0.3 is 14.7 Å². The Hall–Kier alpha value is -1.39. The van der Waals surface area contributed by atoms with E-state index < -0.39 is 0 Å². The van der Waals surface area contributed by atoms with E-state index in [0.717, 1.165) is 19.6 Å². The monoisotopic (exact) mass is 303 g/mol. The van der Waals surface area contributed by atoms with Crippen molar-refractivity contribution in [2.75, 3.05) is 32.8 Å². The molecule has 1 aliphatic carbocycles. The second kappa shape index (κ2) is 6.80. The fraction of sp³-hybridized carbons (Fsp3) is 0.611. The van der Waals surface area contributed by atoms with E-state index in [1.165, 1.54) is 31.2 Å². The third-order valence-electron chi connectivity index (χ3n) is 5.26. The van der Waals surface area contributed by atoms with Gasteiger partial charge in [0, 0.05) is 6.54 Å². The molecular weight excluding hydrogens is 278 g/mol. The van der Waals surface area contributed by atoms with Crippen LogP contribution in [-0.2, 0) is 21.4 Å². The summed E-state index contributed by atoms with van der Waals surface area (Å²) in [5.74, 6) is -0.208. The highest BCUT2D eigenvalue weighted by Crippen LogP contribution is 2.46. The summed E-state index contributed by atoms with van der Waals surface area (Å²) < 4.78 is 4.91. The Bertz CT molecular complexity index is 521. The topological polar surface area (TPSA) is 49.8 Å². The molecule has 0 amide bonds. The molecule has 0 unspecified atom stereocenters. The summed E-state index contributed by atoms with van der Waals surface area (Å²) in [6, 6.07) is 8.89. The third kappa shape index (κ3) is 3.18. The first-order chi connectivity index (χ1) is 10.7. The van der Waals surface area contributed by atoms with Crippen molar-refractivity contribution in [3.8, 4) is 0 Å². The lowest BCUT2D eigenvalue weighted by molar-refractivity contribution is -0.145.